The fourth-order valence-corrected chi connectivity index (χ4v) is 4.08. The molecular weight excluding hydrogens is 662 g/mol. The number of hydrogen-bond acceptors (Lipinski definition) is 10. The molecule has 3 rings (SSSR count). The molecule has 0 spiro atoms. The van der Waals surface area contributed by atoms with Gasteiger partial charge < -0.3 is 39.1 Å². The molecule has 11 nitrogen and oxygen atoms in total. The molecule has 3 aromatic rings. The summed E-state index contributed by atoms with van der Waals surface area (Å²) in [5.74, 6) is 0.680. The van der Waals surface area contributed by atoms with Crippen LogP contribution in [0.15, 0.2) is 55.4 Å². The summed E-state index contributed by atoms with van der Waals surface area (Å²) in [7, 11) is 0. The molecule has 13 heteroatoms. The van der Waals surface area contributed by atoms with Crippen LogP contribution in [0.4, 0.5) is 21.6 Å². The van der Waals surface area contributed by atoms with Crippen molar-refractivity contribution in [3.63, 3.8) is 0 Å². The second-order valence-corrected chi connectivity index (χ2v) is 9.76. The topological polar surface area (TPSA) is 122 Å². The van der Waals surface area contributed by atoms with Crippen LogP contribution in [-0.2, 0) is 28.5 Å². The van der Waals surface area contributed by atoms with Crippen LogP contribution >= 0.6 is 22.6 Å². The fourth-order valence-electron chi connectivity index (χ4n) is 3.53. The quantitative estimate of drug-likeness (QED) is 0.0880. The van der Waals surface area contributed by atoms with E-state index < -0.39 is 6.67 Å². The van der Waals surface area contributed by atoms with Crippen molar-refractivity contribution in [1.29, 1.82) is 0 Å². The Morgan fingerprint density at radius 2 is 1.48 bits per heavy atom. The number of fused-ring (bicyclic) bond motifs is 1. The Hall–Kier alpha value is -2.95. The minimum Gasteiger partial charge on any atom is -0.489 e. The minimum atomic E-state index is -0.490. The summed E-state index contributed by atoms with van der Waals surface area (Å²) >= 11 is 2.25. The zero-order valence-electron chi connectivity index (χ0n) is 23.3. The second kappa shape index (κ2) is 20.0. The first kappa shape index (κ1) is 33.6. The van der Waals surface area contributed by atoms with Crippen LogP contribution in [0.1, 0.15) is 0 Å². The Kier molecular flexibility index (Phi) is 16.0. The first-order valence-corrected chi connectivity index (χ1v) is 14.5. The molecule has 42 heavy (non-hydrogen) atoms. The Morgan fingerprint density at radius 3 is 2.07 bits per heavy atom. The molecule has 0 saturated heterocycles. The molecule has 0 saturated carbocycles. The largest absolute Gasteiger partial charge is 0.489 e. The number of carbonyl (C=O) groups is 1. The van der Waals surface area contributed by atoms with E-state index in [0.29, 0.717) is 87.6 Å². The third-order valence-electron chi connectivity index (χ3n) is 5.46. The van der Waals surface area contributed by atoms with Crippen molar-refractivity contribution in [1.82, 2.24) is 9.97 Å². The second-order valence-electron chi connectivity index (χ2n) is 8.52. The van der Waals surface area contributed by atoms with Crippen molar-refractivity contribution < 1.29 is 37.6 Å². The number of benzene rings is 2. The van der Waals surface area contributed by atoms with Gasteiger partial charge in [-0.3, -0.25) is 4.79 Å². The smallest absolute Gasteiger partial charge is 0.247 e. The van der Waals surface area contributed by atoms with Crippen LogP contribution in [0, 0.1) is 3.57 Å². The van der Waals surface area contributed by atoms with Crippen LogP contribution < -0.4 is 15.4 Å². The average molecular weight is 699 g/mol. The van der Waals surface area contributed by atoms with Gasteiger partial charge in [0.15, 0.2) is 0 Å². The molecule has 0 aliphatic heterocycles. The van der Waals surface area contributed by atoms with Gasteiger partial charge in [0.2, 0.25) is 5.91 Å². The highest BCUT2D eigenvalue weighted by Crippen LogP contribution is 2.33. The van der Waals surface area contributed by atoms with Crippen molar-refractivity contribution in [2.24, 2.45) is 0 Å². The van der Waals surface area contributed by atoms with Gasteiger partial charge in [-0.2, -0.15) is 0 Å². The van der Waals surface area contributed by atoms with Crippen molar-refractivity contribution in [2.45, 2.75) is 0 Å². The van der Waals surface area contributed by atoms with Crippen molar-refractivity contribution in [3.05, 3.63) is 59.0 Å². The first-order valence-electron chi connectivity index (χ1n) is 13.4. The number of aromatic nitrogens is 2. The average Bonchev–Trinajstić information content (AvgIpc) is 2.99. The van der Waals surface area contributed by atoms with Gasteiger partial charge in [0.1, 0.15) is 31.2 Å². The Labute approximate surface area is 258 Å². The molecule has 1 aromatic heterocycles. The predicted molar refractivity (Wildman–Crippen MR) is 166 cm³/mol. The number of nitrogens with one attached hydrogen (secondary N) is 2. The molecule has 0 aliphatic rings. The summed E-state index contributed by atoms with van der Waals surface area (Å²) in [6.45, 7) is 7.06. The van der Waals surface area contributed by atoms with Gasteiger partial charge in [-0.25, -0.2) is 14.4 Å². The normalized spacial score (nSPS) is 11.0. The number of carbonyl (C=O) groups excluding carboxylic acids is 1. The lowest BCUT2D eigenvalue weighted by molar-refractivity contribution is -0.111. The highest BCUT2D eigenvalue weighted by Gasteiger charge is 2.13. The van der Waals surface area contributed by atoms with E-state index in [0.717, 1.165) is 9.26 Å². The van der Waals surface area contributed by atoms with E-state index in [1.165, 1.54) is 12.4 Å². The van der Waals surface area contributed by atoms with E-state index in [9.17, 15) is 9.18 Å². The number of anilines is 3. The highest BCUT2D eigenvalue weighted by atomic mass is 127. The third-order valence-corrected chi connectivity index (χ3v) is 6.13. The van der Waals surface area contributed by atoms with Gasteiger partial charge in [-0.15, -0.1) is 0 Å². The molecule has 2 aromatic carbocycles. The summed E-state index contributed by atoms with van der Waals surface area (Å²) in [5.41, 5.74) is 1.99. The first-order chi connectivity index (χ1) is 20.6. The van der Waals surface area contributed by atoms with E-state index >= 15 is 0 Å². The van der Waals surface area contributed by atoms with Crippen molar-refractivity contribution >= 4 is 56.6 Å². The van der Waals surface area contributed by atoms with Crippen LogP contribution in [-0.4, -0.2) is 95.2 Å². The Balaban J connectivity index is 1.39. The number of rotatable bonds is 22. The molecule has 1 heterocycles. The molecular formula is C29H36FIN4O7. The zero-order valence-corrected chi connectivity index (χ0v) is 25.5. The molecule has 0 bridgehead atoms. The van der Waals surface area contributed by atoms with Crippen LogP contribution in [0.25, 0.3) is 10.9 Å². The maximum absolute atomic E-state index is 12.1. The van der Waals surface area contributed by atoms with E-state index in [2.05, 4.69) is 49.8 Å². The van der Waals surface area contributed by atoms with Gasteiger partial charge in [-0.1, -0.05) is 12.6 Å². The lowest BCUT2D eigenvalue weighted by Gasteiger charge is -2.15. The molecule has 0 fully saturated rings. The van der Waals surface area contributed by atoms with E-state index in [1.807, 2.05) is 24.3 Å². The van der Waals surface area contributed by atoms with Gasteiger partial charge in [0.25, 0.3) is 0 Å². The minimum absolute atomic E-state index is 0.0964. The van der Waals surface area contributed by atoms with Crippen molar-refractivity contribution in [2.75, 3.05) is 90.0 Å². The van der Waals surface area contributed by atoms with Crippen LogP contribution in [0.2, 0.25) is 0 Å². The Bertz CT molecular complexity index is 1250. The zero-order chi connectivity index (χ0) is 29.8. The maximum Gasteiger partial charge on any atom is 0.247 e. The summed E-state index contributed by atoms with van der Waals surface area (Å²) < 4.78 is 45.7. The SMILES string of the molecule is C=CC(=O)Nc1cc2c(Nc3cccc(I)c3)ncnc2cc1OCCOCCOCCOCCOCCOCCF. The number of amides is 1. The van der Waals surface area contributed by atoms with Gasteiger partial charge in [0, 0.05) is 20.7 Å². The molecule has 0 aliphatic carbocycles. The predicted octanol–water partition coefficient (Wildman–Crippen LogP) is 4.53. The maximum atomic E-state index is 12.1. The lowest BCUT2D eigenvalue weighted by atomic mass is 10.1. The molecule has 1 amide bonds. The van der Waals surface area contributed by atoms with Gasteiger partial charge >= 0.3 is 0 Å². The number of halogens is 2. The van der Waals surface area contributed by atoms with Gasteiger partial charge in [0.05, 0.1) is 77.3 Å². The number of ether oxygens (including phenoxy) is 6. The molecule has 0 atom stereocenters. The molecule has 228 valence electrons. The van der Waals surface area contributed by atoms with Gasteiger partial charge in [-0.05, 0) is 52.9 Å². The third kappa shape index (κ3) is 12.5. The lowest BCUT2D eigenvalue weighted by Crippen LogP contribution is -2.15. The number of alkyl halides is 1. The van der Waals surface area contributed by atoms with E-state index in [-0.39, 0.29) is 19.1 Å². The highest BCUT2D eigenvalue weighted by molar-refractivity contribution is 14.1. The fraction of sp³-hybridized carbons (Fsp3) is 0.414. The van der Waals surface area contributed by atoms with Crippen molar-refractivity contribution in [3.8, 4) is 5.75 Å². The van der Waals surface area contributed by atoms with E-state index in [1.54, 1.807) is 12.1 Å². The number of nitrogens with zero attached hydrogens (tertiary/aromatic N) is 2. The summed E-state index contributed by atoms with van der Waals surface area (Å²) in [6, 6.07) is 11.4. The molecule has 0 radical (unpaired) electrons. The summed E-state index contributed by atoms with van der Waals surface area (Å²) in [6.07, 6.45) is 2.66. The van der Waals surface area contributed by atoms with Crippen LogP contribution in [0.3, 0.4) is 0 Å². The Morgan fingerprint density at radius 1 is 0.857 bits per heavy atom. The molecule has 2 N–H and O–H groups in total. The monoisotopic (exact) mass is 698 g/mol. The molecule has 0 unspecified atom stereocenters. The summed E-state index contributed by atoms with van der Waals surface area (Å²) in [5, 5.41) is 6.83. The standard InChI is InChI=1S/C29H36FIN4O7/c1-2-28(36)35-26-19-24-25(32-21-33-29(24)34-23-5-3-4-22(31)18-23)20-27(26)42-17-16-41-15-14-40-13-12-39-11-10-38-9-8-37-7-6-30/h2-5,18-21H,1,6-17H2,(H,35,36)(H,32,33,34). The van der Waals surface area contributed by atoms with Crippen LogP contribution in [0.5, 0.6) is 5.75 Å². The number of hydrogen-bond donors (Lipinski definition) is 2. The summed E-state index contributed by atoms with van der Waals surface area (Å²) in [4.78, 5) is 20.9. The van der Waals surface area contributed by atoms with E-state index in [4.69, 9.17) is 28.4 Å².